The molecule has 20 heavy (non-hydrogen) atoms. The van der Waals surface area contributed by atoms with Crippen molar-refractivity contribution in [3.05, 3.63) is 48.3 Å². The molecule has 0 atom stereocenters. The molecule has 2 aromatic rings. The van der Waals surface area contributed by atoms with Crippen LogP contribution in [0.2, 0.25) is 0 Å². The Morgan fingerprint density at radius 1 is 1.05 bits per heavy atom. The van der Waals surface area contributed by atoms with Crippen LogP contribution in [0.1, 0.15) is 5.69 Å². The highest BCUT2D eigenvalue weighted by Crippen LogP contribution is 2.07. The van der Waals surface area contributed by atoms with Gasteiger partial charge in [0.25, 0.3) is 0 Å². The maximum Gasteiger partial charge on any atom is 0.195 e. The Labute approximate surface area is 120 Å². The average molecular weight is 271 g/mol. The fraction of sp³-hybridized carbons (Fsp3) is 0.333. The minimum absolute atomic E-state index is 0.575. The molecular weight excluding hydrogens is 250 g/mol. The molecule has 0 aliphatic rings. The van der Waals surface area contributed by atoms with Crippen LogP contribution in [0.3, 0.4) is 0 Å². The molecule has 0 amide bonds. The van der Waals surface area contributed by atoms with Gasteiger partial charge in [0.05, 0.1) is 17.9 Å². The summed E-state index contributed by atoms with van der Waals surface area (Å²) in [5.41, 5.74) is 2.01. The highest BCUT2D eigenvalue weighted by molar-refractivity contribution is 5.79. The maximum atomic E-state index is 4.59. The van der Waals surface area contributed by atoms with Gasteiger partial charge in [-0.1, -0.05) is 18.2 Å². The molecule has 106 valence electrons. The first kappa shape index (κ1) is 14.1. The summed E-state index contributed by atoms with van der Waals surface area (Å²) in [6.07, 6.45) is 1.96. The second kappa shape index (κ2) is 6.23. The summed E-state index contributed by atoms with van der Waals surface area (Å²) in [7, 11) is 7.95. The summed E-state index contributed by atoms with van der Waals surface area (Å²) < 4.78 is 1.87. The largest absolute Gasteiger partial charge is 0.349 e. The third kappa shape index (κ3) is 3.38. The van der Waals surface area contributed by atoms with Crippen LogP contribution in [0.4, 0.5) is 0 Å². The Balaban J connectivity index is 2.12. The van der Waals surface area contributed by atoms with Crippen LogP contribution >= 0.6 is 0 Å². The van der Waals surface area contributed by atoms with Gasteiger partial charge in [0.15, 0.2) is 5.96 Å². The van der Waals surface area contributed by atoms with Gasteiger partial charge >= 0.3 is 0 Å². The van der Waals surface area contributed by atoms with E-state index in [1.54, 1.807) is 0 Å². The Kier molecular flexibility index (Phi) is 4.40. The second-order valence-electron chi connectivity index (χ2n) is 4.99. The Hall–Kier alpha value is -2.30. The number of aliphatic imine (C=N–C) groups is 1. The Bertz CT molecular complexity index is 559. The molecule has 0 fully saturated rings. The van der Waals surface area contributed by atoms with Crippen molar-refractivity contribution >= 4 is 5.96 Å². The van der Waals surface area contributed by atoms with Gasteiger partial charge in [-0.25, -0.2) is 9.67 Å². The number of hydrogen-bond acceptors (Lipinski definition) is 2. The van der Waals surface area contributed by atoms with Gasteiger partial charge in [0, 0.05) is 34.4 Å². The second-order valence-corrected chi connectivity index (χ2v) is 4.99. The monoisotopic (exact) mass is 271 g/mol. The standard InChI is InChI=1S/C15H21N5/c1-18(2)15(19(3)4)16-12-13-10-11-20(17-13)14-8-6-5-7-9-14/h5-11H,12H2,1-4H3. The van der Waals surface area contributed by atoms with E-state index in [4.69, 9.17) is 0 Å². The van der Waals surface area contributed by atoms with Crippen LogP contribution in [0, 0.1) is 0 Å². The van der Waals surface area contributed by atoms with Crippen molar-refractivity contribution in [3.8, 4) is 5.69 Å². The van der Waals surface area contributed by atoms with E-state index in [9.17, 15) is 0 Å². The van der Waals surface area contributed by atoms with Crippen LogP contribution < -0.4 is 0 Å². The first-order chi connectivity index (χ1) is 9.58. The van der Waals surface area contributed by atoms with Gasteiger partial charge in [0.1, 0.15) is 0 Å². The molecule has 5 heteroatoms. The van der Waals surface area contributed by atoms with Crippen molar-refractivity contribution in [1.82, 2.24) is 19.6 Å². The molecule has 0 saturated heterocycles. The lowest BCUT2D eigenvalue weighted by Gasteiger charge is -2.22. The smallest absolute Gasteiger partial charge is 0.195 e. The highest BCUT2D eigenvalue weighted by Gasteiger charge is 2.05. The van der Waals surface area contributed by atoms with Crippen molar-refractivity contribution < 1.29 is 0 Å². The summed E-state index contributed by atoms with van der Waals surface area (Å²) in [5, 5.41) is 4.54. The Morgan fingerprint density at radius 3 is 2.30 bits per heavy atom. The van der Waals surface area contributed by atoms with Crippen molar-refractivity contribution in [3.63, 3.8) is 0 Å². The summed E-state index contributed by atoms with van der Waals surface area (Å²) >= 11 is 0. The number of aromatic nitrogens is 2. The van der Waals surface area contributed by atoms with Crippen LogP contribution in [0.15, 0.2) is 47.6 Å². The molecular formula is C15H21N5. The van der Waals surface area contributed by atoms with Gasteiger partial charge in [-0.2, -0.15) is 5.10 Å². The minimum atomic E-state index is 0.575. The number of nitrogens with zero attached hydrogens (tertiary/aromatic N) is 5. The summed E-state index contributed by atoms with van der Waals surface area (Å²) in [6.45, 7) is 0.575. The fourth-order valence-electron chi connectivity index (χ4n) is 2.01. The lowest BCUT2D eigenvalue weighted by Crippen LogP contribution is -2.35. The molecule has 0 bridgehead atoms. The van der Waals surface area contributed by atoms with E-state index in [2.05, 4.69) is 10.1 Å². The van der Waals surface area contributed by atoms with Crippen molar-refractivity contribution in [1.29, 1.82) is 0 Å². The van der Waals surface area contributed by atoms with Crippen LogP contribution in [-0.2, 0) is 6.54 Å². The number of hydrogen-bond donors (Lipinski definition) is 0. The van der Waals surface area contributed by atoms with Gasteiger partial charge in [-0.3, -0.25) is 0 Å². The topological polar surface area (TPSA) is 36.7 Å². The predicted molar refractivity (Wildman–Crippen MR) is 82.1 cm³/mol. The predicted octanol–water partition coefficient (Wildman–Crippen LogP) is 1.85. The van der Waals surface area contributed by atoms with Gasteiger partial charge < -0.3 is 9.80 Å². The molecule has 5 nitrogen and oxygen atoms in total. The minimum Gasteiger partial charge on any atom is -0.349 e. The third-order valence-electron chi connectivity index (χ3n) is 2.85. The molecule has 0 spiro atoms. The van der Waals surface area contributed by atoms with E-state index in [1.165, 1.54) is 0 Å². The average Bonchev–Trinajstić information content (AvgIpc) is 2.88. The first-order valence-electron chi connectivity index (χ1n) is 6.57. The van der Waals surface area contributed by atoms with Gasteiger partial charge in [-0.15, -0.1) is 0 Å². The molecule has 1 aromatic carbocycles. The molecule has 0 aliphatic heterocycles. The number of guanidine groups is 1. The number of para-hydroxylation sites is 1. The molecule has 0 unspecified atom stereocenters. The number of benzene rings is 1. The first-order valence-corrected chi connectivity index (χ1v) is 6.57. The zero-order chi connectivity index (χ0) is 14.5. The van der Waals surface area contributed by atoms with Crippen molar-refractivity contribution in [2.45, 2.75) is 6.54 Å². The molecule has 1 heterocycles. The molecule has 0 aliphatic carbocycles. The highest BCUT2D eigenvalue weighted by atomic mass is 15.3. The summed E-state index contributed by atoms with van der Waals surface area (Å²) in [4.78, 5) is 8.58. The normalized spacial score (nSPS) is 10.2. The number of rotatable bonds is 3. The Morgan fingerprint density at radius 2 is 1.70 bits per heavy atom. The lowest BCUT2D eigenvalue weighted by molar-refractivity contribution is 0.479. The van der Waals surface area contributed by atoms with Gasteiger partial charge in [0.2, 0.25) is 0 Å². The maximum absolute atomic E-state index is 4.59. The zero-order valence-electron chi connectivity index (χ0n) is 12.5. The third-order valence-corrected chi connectivity index (χ3v) is 2.85. The van der Waals surface area contributed by atoms with Crippen LogP contribution in [0.25, 0.3) is 5.69 Å². The van der Waals surface area contributed by atoms with Crippen molar-refractivity contribution in [2.24, 2.45) is 4.99 Å². The molecule has 0 N–H and O–H groups in total. The molecule has 0 saturated carbocycles. The van der Waals surface area contributed by atoms with E-state index < -0.39 is 0 Å². The lowest BCUT2D eigenvalue weighted by atomic mass is 10.3. The molecule has 0 radical (unpaired) electrons. The van der Waals surface area contributed by atoms with E-state index in [0.29, 0.717) is 6.54 Å². The van der Waals surface area contributed by atoms with Gasteiger partial charge in [-0.05, 0) is 18.2 Å². The zero-order valence-corrected chi connectivity index (χ0v) is 12.5. The van der Waals surface area contributed by atoms with Crippen molar-refractivity contribution in [2.75, 3.05) is 28.2 Å². The van der Waals surface area contributed by atoms with E-state index in [1.807, 2.05) is 85.3 Å². The summed E-state index contributed by atoms with van der Waals surface area (Å²) in [5.74, 6) is 0.930. The molecule has 2 rings (SSSR count). The fourth-order valence-corrected chi connectivity index (χ4v) is 2.01. The van der Waals surface area contributed by atoms with E-state index in [-0.39, 0.29) is 0 Å². The van der Waals surface area contributed by atoms with E-state index in [0.717, 1.165) is 17.3 Å². The van der Waals surface area contributed by atoms with E-state index >= 15 is 0 Å². The van der Waals surface area contributed by atoms with Crippen LogP contribution in [0.5, 0.6) is 0 Å². The molecule has 1 aromatic heterocycles. The summed E-state index contributed by atoms with van der Waals surface area (Å²) in [6, 6.07) is 12.1. The quantitative estimate of drug-likeness (QED) is 0.631. The van der Waals surface area contributed by atoms with Crippen LogP contribution in [-0.4, -0.2) is 53.7 Å². The SMILES string of the molecule is CN(C)C(=NCc1ccn(-c2ccccc2)n1)N(C)C.